The molecule has 2 heterocycles. The maximum absolute atomic E-state index is 13.3. The molecule has 136 valence electrons. The molecule has 0 unspecified atom stereocenters. The highest BCUT2D eigenvalue weighted by Crippen LogP contribution is 2.24. The van der Waals surface area contributed by atoms with E-state index in [1.165, 1.54) is 12.1 Å². The standard InChI is InChI=1S/C18H13ClFN5O2/c1-9-8-21-17(23-10-2-4-13(20)12(19)6-10)25-16(9)22-11-3-5-15-14(7-11)24-18(26)27-15/h2-8H,1H3,(H,24,26)(H2,21,22,23,25). The number of nitrogens with zero attached hydrogens (tertiary/aromatic N) is 2. The van der Waals surface area contributed by atoms with Crippen LogP contribution < -0.4 is 16.4 Å². The van der Waals surface area contributed by atoms with Crippen molar-refractivity contribution in [3.05, 3.63) is 69.5 Å². The van der Waals surface area contributed by atoms with E-state index in [1.54, 1.807) is 30.5 Å². The van der Waals surface area contributed by atoms with Gasteiger partial charge in [-0.15, -0.1) is 0 Å². The van der Waals surface area contributed by atoms with E-state index in [4.69, 9.17) is 16.0 Å². The lowest BCUT2D eigenvalue weighted by atomic mass is 10.2. The average molecular weight is 386 g/mol. The van der Waals surface area contributed by atoms with Crippen LogP contribution in [0.5, 0.6) is 0 Å². The highest BCUT2D eigenvalue weighted by atomic mass is 35.5. The van der Waals surface area contributed by atoms with Crippen molar-refractivity contribution in [1.82, 2.24) is 15.0 Å². The second-order valence-corrected chi connectivity index (χ2v) is 6.24. The summed E-state index contributed by atoms with van der Waals surface area (Å²) in [5.74, 6) is -0.110. The summed E-state index contributed by atoms with van der Waals surface area (Å²) in [4.78, 5) is 22.5. The van der Waals surface area contributed by atoms with Crippen LogP contribution in [0.1, 0.15) is 5.56 Å². The SMILES string of the molecule is Cc1cnc(Nc2ccc(F)c(Cl)c2)nc1Nc1ccc2oc(=O)[nH]c2c1. The summed E-state index contributed by atoms with van der Waals surface area (Å²) in [5, 5.41) is 6.17. The molecule has 0 aliphatic rings. The maximum Gasteiger partial charge on any atom is 0.417 e. The van der Waals surface area contributed by atoms with Crippen LogP contribution in [0.15, 0.2) is 51.8 Å². The van der Waals surface area contributed by atoms with Gasteiger partial charge >= 0.3 is 5.76 Å². The van der Waals surface area contributed by atoms with Gasteiger partial charge in [0.25, 0.3) is 0 Å². The van der Waals surface area contributed by atoms with Crippen LogP contribution in [0.4, 0.5) is 27.5 Å². The fraction of sp³-hybridized carbons (Fsp3) is 0.0556. The van der Waals surface area contributed by atoms with Gasteiger partial charge in [-0.1, -0.05) is 11.6 Å². The molecule has 0 atom stereocenters. The number of aromatic amines is 1. The Bertz CT molecular complexity index is 1200. The first-order valence-corrected chi connectivity index (χ1v) is 8.31. The summed E-state index contributed by atoms with van der Waals surface area (Å²) in [7, 11) is 0. The number of rotatable bonds is 4. The van der Waals surface area contributed by atoms with Crippen molar-refractivity contribution in [3.8, 4) is 0 Å². The summed E-state index contributed by atoms with van der Waals surface area (Å²) >= 11 is 5.79. The number of H-pyrrole nitrogens is 1. The second kappa shape index (κ2) is 6.73. The highest BCUT2D eigenvalue weighted by molar-refractivity contribution is 6.31. The van der Waals surface area contributed by atoms with Gasteiger partial charge in [0.15, 0.2) is 5.58 Å². The summed E-state index contributed by atoms with van der Waals surface area (Å²) < 4.78 is 18.3. The molecule has 0 saturated heterocycles. The smallest absolute Gasteiger partial charge is 0.408 e. The van der Waals surface area contributed by atoms with Gasteiger partial charge in [0, 0.05) is 23.1 Å². The number of hydrogen-bond donors (Lipinski definition) is 3. The molecule has 0 bridgehead atoms. The van der Waals surface area contributed by atoms with E-state index in [1.807, 2.05) is 6.92 Å². The zero-order valence-electron chi connectivity index (χ0n) is 14.0. The van der Waals surface area contributed by atoms with Gasteiger partial charge in [0.1, 0.15) is 11.6 Å². The first kappa shape index (κ1) is 17.0. The van der Waals surface area contributed by atoms with Crippen molar-refractivity contribution in [1.29, 1.82) is 0 Å². The van der Waals surface area contributed by atoms with E-state index in [-0.39, 0.29) is 5.02 Å². The largest absolute Gasteiger partial charge is 0.417 e. The topological polar surface area (TPSA) is 95.8 Å². The third-order valence-electron chi connectivity index (χ3n) is 3.83. The first-order chi connectivity index (χ1) is 13.0. The molecule has 7 nitrogen and oxygen atoms in total. The molecule has 0 saturated carbocycles. The van der Waals surface area contributed by atoms with Gasteiger partial charge in [-0.3, -0.25) is 4.98 Å². The third-order valence-corrected chi connectivity index (χ3v) is 4.12. The normalized spacial score (nSPS) is 10.9. The van der Waals surface area contributed by atoms with Crippen molar-refractivity contribution in [2.45, 2.75) is 6.92 Å². The third kappa shape index (κ3) is 3.61. The monoisotopic (exact) mass is 385 g/mol. The molecule has 0 fully saturated rings. The molecule has 4 aromatic rings. The minimum absolute atomic E-state index is 0.00728. The Hall–Kier alpha value is -3.39. The van der Waals surface area contributed by atoms with Crippen molar-refractivity contribution in [2.75, 3.05) is 10.6 Å². The van der Waals surface area contributed by atoms with Gasteiger partial charge < -0.3 is 15.1 Å². The number of aryl methyl sites for hydroxylation is 1. The van der Waals surface area contributed by atoms with Crippen molar-refractivity contribution in [3.63, 3.8) is 0 Å². The summed E-state index contributed by atoms with van der Waals surface area (Å²) in [6.07, 6.45) is 1.65. The highest BCUT2D eigenvalue weighted by Gasteiger charge is 2.08. The first-order valence-electron chi connectivity index (χ1n) is 7.93. The Morgan fingerprint density at radius 1 is 1.15 bits per heavy atom. The van der Waals surface area contributed by atoms with Gasteiger partial charge in [-0.2, -0.15) is 4.98 Å². The number of oxazole rings is 1. The molecule has 0 amide bonds. The lowest BCUT2D eigenvalue weighted by Gasteiger charge is -2.11. The fourth-order valence-corrected chi connectivity index (χ4v) is 2.68. The summed E-state index contributed by atoms with van der Waals surface area (Å²) in [6, 6.07) is 9.46. The fourth-order valence-electron chi connectivity index (χ4n) is 2.50. The Morgan fingerprint density at radius 2 is 1.93 bits per heavy atom. The van der Waals surface area contributed by atoms with Crippen molar-refractivity contribution < 1.29 is 8.81 Å². The molecule has 4 rings (SSSR count). The second-order valence-electron chi connectivity index (χ2n) is 5.83. The number of aromatic nitrogens is 3. The maximum atomic E-state index is 13.3. The van der Waals surface area contributed by atoms with Gasteiger partial charge in [0.2, 0.25) is 5.95 Å². The minimum atomic E-state index is -0.509. The molecular formula is C18H13ClFN5O2. The average Bonchev–Trinajstić information content (AvgIpc) is 3.00. The van der Waals surface area contributed by atoms with Crippen LogP contribution in [0.25, 0.3) is 11.1 Å². The van der Waals surface area contributed by atoms with Crippen LogP contribution in [0.2, 0.25) is 5.02 Å². The lowest BCUT2D eigenvalue weighted by Crippen LogP contribution is -2.03. The Kier molecular flexibility index (Phi) is 4.25. The molecule has 0 radical (unpaired) electrons. The van der Waals surface area contributed by atoms with Gasteiger partial charge in [-0.05, 0) is 43.3 Å². The lowest BCUT2D eigenvalue weighted by molar-refractivity contribution is 0.555. The summed E-state index contributed by atoms with van der Waals surface area (Å²) in [5.41, 5.74) is 3.15. The number of anilines is 4. The molecule has 0 aliphatic carbocycles. The molecular weight excluding hydrogens is 373 g/mol. The van der Waals surface area contributed by atoms with E-state index in [2.05, 4.69) is 25.6 Å². The van der Waals surface area contributed by atoms with Crippen LogP contribution >= 0.6 is 11.6 Å². The number of fused-ring (bicyclic) bond motifs is 1. The number of hydrogen-bond acceptors (Lipinski definition) is 6. The predicted octanol–water partition coefficient (Wildman–Crippen LogP) is 4.50. The molecule has 0 spiro atoms. The quantitative estimate of drug-likeness (QED) is 0.478. The van der Waals surface area contributed by atoms with E-state index in [0.29, 0.717) is 28.6 Å². The van der Waals surface area contributed by atoms with Gasteiger partial charge in [-0.25, -0.2) is 14.2 Å². The Labute approximate surface area is 157 Å². The van der Waals surface area contributed by atoms with E-state index < -0.39 is 11.6 Å². The van der Waals surface area contributed by atoms with E-state index in [0.717, 1.165) is 11.3 Å². The Balaban J connectivity index is 1.61. The summed E-state index contributed by atoms with van der Waals surface area (Å²) in [6.45, 7) is 1.86. The Morgan fingerprint density at radius 3 is 2.74 bits per heavy atom. The molecule has 3 N–H and O–H groups in total. The molecule has 0 aliphatic heterocycles. The number of nitrogens with one attached hydrogen (secondary N) is 3. The van der Waals surface area contributed by atoms with Crippen molar-refractivity contribution >= 4 is 45.8 Å². The molecule has 9 heteroatoms. The van der Waals surface area contributed by atoms with Crippen LogP contribution in [-0.2, 0) is 0 Å². The zero-order valence-corrected chi connectivity index (χ0v) is 14.8. The number of halogens is 2. The predicted molar refractivity (Wildman–Crippen MR) is 102 cm³/mol. The minimum Gasteiger partial charge on any atom is -0.408 e. The van der Waals surface area contributed by atoms with Gasteiger partial charge in [0.05, 0.1) is 10.5 Å². The molecule has 2 aromatic carbocycles. The van der Waals surface area contributed by atoms with Crippen LogP contribution in [0, 0.1) is 12.7 Å². The molecule has 2 aromatic heterocycles. The van der Waals surface area contributed by atoms with E-state index >= 15 is 0 Å². The number of benzene rings is 2. The molecule has 27 heavy (non-hydrogen) atoms. The van der Waals surface area contributed by atoms with Crippen LogP contribution in [-0.4, -0.2) is 15.0 Å². The van der Waals surface area contributed by atoms with E-state index in [9.17, 15) is 9.18 Å². The van der Waals surface area contributed by atoms with Crippen molar-refractivity contribution in [2.24, 2.45) is 0 Å². The zero-order chi connectivity index (χ0) is 19.0. The van der Waals surface area contributed by atoms with Crippen LogP contribution in [0.3, 0.4) is 0 Å².